The van der Waals surface area contributed by atoms with Gasteiger partial charge in [-0.2, -0.15) is 0 Å². The number of rotatable bonds is 2. The third-order valence-electron chi connectivity index (χ3n) is 6.03. The minimum atomic E-state index is 0.300. The lowest BCUT2D eigenvalue weighted by molar-refractivity contribution is 0.0609. The highest BCUT2D eigenvalue weighted by molar-refractivity contribution is 5.41. The van der Waals surface area contributed by atoms with Crippen molar-refractivity contribution in [2.24, 2.45) is 11.8 Å². The molecular formula is C19H28O. The maximum Gasteiger partial charge on any atom is 0.0462 e. The van der Waals surface area contributed by atoms with E-state index < -0.39 is 0 Å². The van der Waals surface area contributed by atoms with Crippen molar-refractivity contribution in [1.29, 1.82) is 0 Å². The van der Waals surface area contributed by atoms with Gasteiger partial charge < -0.3 is 5.11 Å². The number of aliphatic hydroxyl groups excluding tert-OH is 1. The summed E-state index contributed by atoms with van der Waals surface area (Å²) in [6.45, 7) is 7.38. The van der Waals surface area contributed by atoms with E-state index in [0.717, 1.165) is 0 Å². The Bertz CT molecular complexity index is 491. The number of hydrogen-bond donors (Lipinski definition) is 1. The molecule has 0 heterocycles. The zero-order valence-corrected chi connectivity index (χ0v) is 13.2. The average molecular weight is 272 g/mol. The second-order valence-corrected chi connectivity index (χ2v) is 7.47. The molecule has 2 aliphatic carbocycles. The van der Waals surface area contributed by atoms with Gasteiger partial charge in [0.15, 0.2) is 0 Å². The van der Waals surface area contributed by atoms with E-state index in [4.69, 9.17) is 0 Å². The summed E-state index contributed by atoms with van der Waals surface area (Å²) >= 11 is 0. The molecule has 0 bridgehead atoms. The van der Waals surface area contributed by atoms with Crippen molar-refractivity contribution >= 4 is 0 Å². The molecule has 0 spiro atoms. The molecule has 1 saturated carbocycles. The minimum Gasteiger partial charge on any atom is -0.396 e. The molecule has 1 aromatic carbocycles. The van der Waals surface area contributed by atoms with Crippen molar-refractivity contribution in [1.82, 2.24) is 0 Å². The summed E-state index contributed by atoms with van der Waals surface area (Å²) in [5.41, 5.74) is 4.93. The molecule has 1 N–H and O–H groups in total. The van der Waals surface area contributed by atoms with Crippen molar-refractivity contribution in [2.45, 2.75) is 64.2 Å². The maximum atomic E-state index is 9.71. The van der Waals surface area contributed by atoms with Crippen molar-refractivity contribution < 1.29 is 5.11 Å². The van der Waals surface area contributed by atoms with Crippen molar-refractivity contribution in [3.63, 3.8) is 0 Å². The topological polar surface area (TPSA) is 20.2 Å². The van der Waals surface area contributed by atoms with Crippen LogP contribution >= 0.6 is 0 Å². The first-order chi connectivity index (χ1) is 9.56. The molecule has 0 amide bonds. The number of fused-ring (bicyclic) bond motifs is 3. The lowest BCUT2D eigenvalue weighted by Gasteiger charge is -2.50. The standard InChI is InChI=1S/C19H28O/c1-13(2)14-6-8-17-15(11-14)7-9-18-16(12-20)5-4-10-19(17,18)3/h6,8,11,13,16,18,20H,4-5,7,9-10,12H2,1-3H3/t16-,18?,19?/m0/s1. The Labute approximate surface area is 123 Å². The zero-order chi connectivity index (χ0) is 14.3. The van der Waals surface area contributed by atoms with Gasteiger partial charge in [-0.25, -0.2) is 0 Å². The fraction of sp³-hybridized carbons (Fsp3) is 0.684. The third kappa shape index (κ3) is 2.11. The summed E-state index contributed by atoms with van der Waals surface area (Å²) in [6, 6.07) is 7.18. The van der Waals surface area contributed by atoms with Crippen molar-refractivity contribution in [3.05, 3.63) is 34.9 Å². The molecule has 2 aliphatic rings. The van der Waals surface area contributed by atoms with Crippen molar-refractivity contribution in [3.8, 4) is 0 Å². The lowest BCUT2D eigenvalue weighted by Crippen LogP contribution is -2.45. The first-order valence-electron chi connectivity index (χ1n) is 8.30. The van der Waals surface area contributed by atoms with E-state index in [2.05, 4.69) is 39.0 Å². The summed E-state index contributed by atoms with van der Waals surface area (Å²) in [6.07, 6.45) is 6.24. The second kappa shape index (κ2) is 5.18. The smallest absolute Gasteiger partial charge is 0.0462 e. The van der Waals surface area contributed by atoms with Crippen molar-refractivity contribution in [2.75, 3.05) is 6.61 Å². The van der Waals surface area contributed by atoms with Crippen LogP contribution in [0.3, 0.4) is 0 Å². The van der Waals surface area contributed by atoms with Gasteiger partial charge in [0.2, 0.25) is 0 Å². The summed E-state index contributed by atoms with van der Waals surface area (Å²) in [5, 5.41) is 9.71. The zero-order valence-electron chi connectivity index (χ0n) is 13.2. The summed E-state index contributed by atoms with van der Waals surface area (Å²) < 4.78 is 0. The molecule has 110 valence electrons. The van der Waals surface area contributed by atoms with Crippen LogP contribution in [0.15, 0.2) is 18.2 Å². The average Bonchev–Trinajstić information content (AvgIpc) is 2.45. The van der Waals surface area contributed by atoms with Gasteiger partial charge in [0.05, 0.1) is 0 Å². The Hall–Kier alpha value is -0.820. The van der Waals surface area contributed by atoms with Gasteiger partial charge in [-0.15, -0.1) is 0 Å². The monoisotopic (exact) mass is 272 g/mol. The van der Waals surface area contributed by atoms with E-state index in [1.54, 1.807) is 11.1 Å². The van der Waals surface area contributed by atoms with Crippen LogP contribution in [-0.2, 0) is 11.8 Å². The minimum absolute atomic E-state index is 0.300. The van der Waals surface area contributed by atoms with Crippen LogP contribution in [-0.4, -0.2) is 11.7 Å². The number of aryl methyl sites for hydroxylation is 1. The lowest BCUT2D eigenvalue weighted by atomic mass is 9.55. The summed E-state index contributed by atoms with van der Waals surface area (Å²) in [5.74, 6) is 1.81. The number of aliphatic hydroxyl groups is 1. The van der Waals surface area contributed by atoms with Gasteiger partial charge in [0.1, 0.15) is 0 Å². The van der Waals surface area contributed by atoms with Crippen LogP contribution in [0, 0.1) is 11.8 Å². The molecular weight excluding hydrogens is 244 g/mol. The highest BCUT2D eigenvalue weighted by Gasteiger charge is 2.45. The molecule has 0 radical (unpaired) electrons. The Kier molecular flexibility index (Phi) is 3.66. The fourth-order valence-electron chi connectivity index (χ4n) is 4.79. The normalized spacial score (nSPS) is 32.9. The molecule has 20 heavy (non-hydrogen) atoms. The van der Waals surface area contributed by atoms with E-state index in [-0.39, 0.29) is 0 Å². The number of hydrogen-bond acceptors (Lipinski definition) is 1. The number of benzene rings is 1. The third-order valence-corrected chi connectivity index (χ3v) is 6.03. The van der Waals surface area contributed by atoms with Gasteiger partial charge in [-0.05, 0) is 65.5 Å². The van der Waals surface area contributed by atoms with E-state index in [9.17, 15) is 5.11 Å². The van der Waals surface area contributed by atoms with Crippen LogP contribution in [0.25, 0.3) is 0 Å². The molecule has 0 saturated heterocycles. The fourth-order valence-corrected chi connectivity index (χ4v) is 4.79. The Morgan fingerprint density at radius 1 is 1.30 bits per heavy atom. The SMILES string of the molecule is CC(C)c1ccc2c(c1)CCC1[C@H](CO)CCCC21C. The highest BCUT2D eigenvalue weighted by atomic mass is 16.3. The van der Waals surface area contributed by atoms with Gasteiger partial charge in [0.25, 0.3) is 0 Å². The molecule has 1 heteroatoms. The Morgan fingerprint density at radius 2 is 2.10 bits per heavy atom. The summed E-state index contributed by atoms with van der Waals surface area (Å²) in [7, 11) is 0. The summed E-state index contributed by atoms with van der Waals surface area (Å²) in [4.78, 5) is 0. The molecule has 0 aliphatic heterocycles. The molecule has 3 rings (SSSR count). The molecule has 1 fully saturated rings. The molecule has 1 aromatic rings. The van der Waals surface area contributed by atoms with Gasteiger partial charge in [-0.1, -0.05) is 45.4 Å². The van der Waals surface area contributed by atoms with E-state index in [1.165, 1.54) is 37.7 Å². The first kappa shape index (κ1) is 14.1. The van der Waals surface area contributed by atoms with Gasteiger partial charge in [0, 0.05) is 6.61 Å². The first-order valence-corrected chi connectivity index (χ1v) is 8.30. The largest absolute Gasteiger partial charge is 0.396 e. The highest BCUT2D eigenvalue weighted by Crippen LogP contribution is 2.52. The van der Waals surface area contributed by atoms with Crippen LogP contribution in [0.4, 0.5) is 0 Å². The second-order valence-electron chi connectivity index (χ2n) is 7.47. The van der Waals surface area contributed by atoms with E-state index in [1.807, 2.05) is 0 Å². The van der Waals surface area contributed by atoms with Crippen LogP contribution in [0.5, 0.6) is 0 Å². The maximum absolute atomic E-state index is 9.71. The molecule has 0 aromatic heterocycles. The van der Waals surface area contributed by atoms with Crippen LogP contribution < -0.4 is 0 Å². The van der Waals surface area contributed by atoms with Gasteiger partial charge >= 0.3 is 0 Å². The predicted octanol–water partition coefficient (Wildman–Crippen LogP) is 4.42. The molecule has 2 unspecified atom stereocenters. The van der Waals surface area contributed by atoms with Gasteiger partial charge in [-0.3, -0.25) is 0 Å². The van der Waals surface area contributed by atoms with E-state index >= 15 is 0 Å². The molecule has 1 nitrogen and oxygen atoms in total. The van der Waals surface area contributed by atoms with E-state index in [0.29, 0.717) is 29.8 Å². The Balaban J connectivity index is 2.01. The van der Waals surface area contributed by atoms with Crippen LogP contribution in [0.2, 0.25) is 0 Å². The Morgan fingerprint density at radius 3 is 2.80 bits per heavy atom. The molecule has 3 atom stereocenters. The predicted molar refractivity (Wildman–Crippen MR) is 84.1 cm³/mol. The van der Waals surface area contributed by atoms with Crippen LogP contribution in [0.1, 0.15) is 69.1 Å². The quantitative estimate of drug-likeness (QED) is 0.845.